The molecule has 0 spiro atoms. The van der Waals surface area contributed by atoms with E-state index >= 15 is 0 Å². The number of halogens is 1. The quantitative estimate of drug-likeness (QED) is 0.912. The summed E-state index contributed by atoms with van der Waals surface area (Å²) in [4.78, 5) is 0. The van der Waals surface area contributed by atoms with E-state index in [2.05, 4.69) is 60.2 Å². The molecule has 1 N–H and O–H groups in total. The summed E-state index contributed by atoms with van der Waals surface area (Å²) in [6.07, 6.45) is 0. The fraction of sp³-hybridized carbons (Fsp3) is 0.429. The van der Waals surface area contributed by atoms with E-state index in [0.29, 0.717) is 5.92 Å². The molecule has 0 bridgehead atoms. The molecule has 0 aliphatic carbocycles. The van der Waals surface area contributed by atoms with E-state index in [0.717, 1.165) is 28.9 Å². The lowest BCUT2D eigenvalue weighted by Gasteiger charge is -2.04. The van der Waals surface area contributed by atoms with Crippen molar-refractivity contribution in [3.8, 4) is 0 Å². The van der Waals surface area contributed by atoms with Gasteiger partial charge in [-0.1, -0.05) is 13.8 Å². The predicted molar refractivity (Wildman–Crippen MR) is 75.2 cm³/mol. The number of aryl methyl sites for hydroxylation is 1. The minimum absolute atomic E-state index is 0.661. The molecule has 0 atom stereocenters. The van der Waals surface area contributed by atoms with E-state index in [4.69, 9.17) is 4.42 Å². The largest absolute Gasteiger partial charge is 0.459 e. The monoisotopic (exact) mass is 295 g/mol. The van der Waals surface area contributed by atoms with Crippen LogP contribution >= 0.6 is 15.9 Å². The van der Waals surface area contributed by atoms with E-state index in [1.807, 2.05) is 0 Å². The van der Waals surface area contributed by atoms with Crippen LogP contribution in [0.2, 0.25) is 0 Å². The van der Waals surface area contributed by atoms with Crippen LogP contribution in [0.4, 0.5) is 0 Å². The molecule has 0 aliphatic rings. The zero-order chi connectivity index (χ0) is 12.4. The van der Waals surface area contributed by atoms with Gasteiger partial charge in [0.25, 0.3) is 0 Å². The first-order valence-corrected chi connectivity index (χ1v) is 6.75. The Morgan fingerprint density at radius 3 is 2.76 bits per heavy atom. The Kier molecular flexibility index (Phi) is 3.89. The van der Waals surface area contributed by atoms with Gasteiger partial charge in [-0.15, -0.1) is 0 Å². The van der Waals surface area contributed by atoms with Gasteiger partial charge in [-0.3, -0.25) is 0 Å². The topological polar surface area (TPSA) is 25.2 Å². The Labute approximate surface area is 111 Å². The van der Waals surface area contributed by atoms with Crippen LogP contribution in [0.15, 0.2) is 27.1 Å². The Morgan fingerprint density at radius 2 is 2.06 bits per heavy atom. The summed E-state index contributed by atoms with van der Waals surface area (Å²) in [6, 6.07) is 6.34. The number of hydrogen-bond donors (Lipinski definition) is 1. The van der Waals surface area contributed by atoms with Crippen molar-refractivity contribution in [2.75, 3.05) is 6.54 Å². The van der Waals surface area contributed by atoms with Crippen LogP contribution in [-0.4, -0.2) is 6.54 Å². The maximum absolute atomic E-state index is 5.83. The highest BCUT2D eigenvalue weighted by Gasteiger charge is 2.07. The average molecular weight is 296 g/mol. The highest BCUT2D eigenvalue weighted by molar-refractivity contribution is 9.10. The first-order chi connectivity index (χ1) is 8.06. The maximum Gasteiger partial charge on any atom is 0.148 e. The second kappa shape index (κ2) is 5.23. The molecule has 1 heterocycles. The number of rotatable bonds is 4. The first-order valence-electron chi connectivity index (χ1n) is 5.95. The SMILES string of the molecule is Cc1cc(Br)c2oc(CNCC(C)C)cc2c1. The molecular formula is C14H18BrNO. The summed E-state index contributed by atoms with van der Waals surface area (Å²) >= 11 is 3.54. The third-order valence-corrected chi connectivity index (χ3v) is 3.21. The molecule has 2 nitrogen and oxygen atoms in total. The van der Waals surface area contributed by atoms with Gasteiger partial charge in [-0.25, -0.2) is 0 Å². The Morgan fingerprint density at radius 1 is 1.29 bits per heavy atom. The first kappa shape index (κ1) is 12.7. The summed E-state index contributed by atoms with van der Waals surface area (Å²) in [6.45, 7) is 8.29. The second-order valence-electron chi connectivity index (χ2n) is 4.90. The van der Waals surface area contributed by atoms with Crippen molar-refractivity contribution in [1.82, 2.24) is 5.32 Å². The lowest BCUT2D eigenvalue weighted by atomic mass is 10.2. The van der Waals surface area contributed by atoms with Crippen molar-refractivity contribution in [1.29, 1.82) is 0 Å². The van der Waals surface area contributed by atoms with Crippen LogP contribution in [0.5, 0.6) is 0 Å². The van der Waals surface area contributed by atoms with Crippen molar-refractivity contribution in [3.63, 3.8) is 0 Å². The molecular weight excluding hydrogens is 278 g/mol. The molecule has 2 rings (SSSR count). The summed E-state index contributed by atoms with van der Waals surface area (Å²) in [5.74, 6) is 1.65. The lowest BCUT2D eigenvalue weighted by molar-refractivity contribution is 0.484. The molecule has 3 heteroatoms. The van der Waals surface area contributed by atoms with Crippen LogP contribution in [0.3, 0.4) is 0 Å². The number of fused-ring (bicyclic) bond motifs is 1. The lowest BCUT2D eigenvalue weighted by Crippen LogP contribution is -2.18. The minimum atomic E-state index is 0.661. The van der Waals surface area contributed by atoms with Crippen LogP contribution in [-0.2, 0) is 6.54 Å². The summed E-state index contributed by atoms with van der Waals surface area (Å²) < 4.78 is 6.86. The minimum Gasteiger partial charge on any atom is -0.459 e. The molecule has 0 unspecified atom stereocenters. The van der Waals surface area contributed by atoms with Gasteiger partial charge >= 0.3 is 0 Å². The maximum atomic E-state index is 5.83. The van der Waals surface area contributed by atoms with Crippen molar-refractivity contribution >= 4 is 26.9 Å². The fourth-order valence-corrected chi connectivity index (χ4v) is 2.55. The molecule has 0 fully saturated rings. The van der Waals surface area contributed by atoms with Gasteiger partial charge in [0.2, 0.25) is 0 Å². The third kappa shape index (κ3) is 3.11. The molecule has 0 amide bonds. The predicted octanol–water partition coefficient (Wildman–Crippen LogP) is 4.25. The Balaban J connectivity index is 2.17. The van der Waals surface area contributed by atoms with E-state index in [1.54, 1.807) is 0 Å². The van der Waals surface area contributed by atoms with Gasteiger partial charge in [-0.05, 0) is 59.1 Å². The smallest absolute Gasteiger partial charge is 0.148 e. The van der Waals surface area contributed by atoms with E-state index in [9.17, 15) is 0 Å². The van der Waals surface area contributed by atoms with Crippen LogP contribution in [0, 0.1) is 12.8 Å². The zero-order valence-corrected chi connectivity index (χ0v) is 12.1. The van der Waals surface area contributed by atoms with Gasteiger partial charge in [-0.2, -0.15) is 0 Å². The summed E-state index contributed by atoms with van der Waals surface area (Å²) in [5.41, 5.74) is 2.18. The number of nitrogens with one attached hydrogen (secondary N) is 1. The second-order valence-corrected chi connectivity index (χ2v) is 5.76. The summed E-state index contributed by atoms with van der Waals surface area (Å²) in [7, 11) is 0. The van der Waals surface area contributed by atoms with Crippen LogP contribution < -0.4 is 5.32 Å². The number of furan rings is 1. The van der Waals surface area contributed by atoms with Crippen molar-refractivity contribution in [2.24, 2.45) is 5.92 Å². The Hall–Kier alpha value is -0.800. The van der Waals surface area contributed by atoms with Gasteiger partial charge in [0.15, 0.2) is 0 Å². The normalized spacial score (nSPS) is 11.6. The Bertz CT molecular complexity index is 516. The van der Waals surface area contributed by atoms with Gasteiger partial charge in [0, 0.05) is 5.39 Å². The highest BCUT2D eigenvalue weighted by atomic mass is 79.9. The molecule has 17 heavy (non-hydrogen) atoms. The molecule has 1 aromatic carbocycles. The molecule has 0 saturated heterocycles. The molecule has 0 saturated carbocycles. The molecule has 2 aromatic rings. The van der Waals surface area contributed by atoms with Crippen molar-refractivity contribution < 1.29 is 4.42 Å². The van der Waals surface area contributed by atoms with Crippen molar-refractivity contribution in [2.45, 2.75) is 27.3 Å². The van der Waals surface area contributed by atoms with E-state index < -0.39 is 0 Å². The standard InChI is InChI=1S/C14H18BrNO/c1-9(2)7-16-8-12-6-11-4-10(3)5-13(15)14(11)17-12/h4-6,9,16H,7-8H2,1-3H3. The number of hydrogen-bond acceptors (Lipinski definition) is 2. The van der Waals surface area contributed by atoms with Gasteiger partial charge < -0.3 is 9.73 Å². The van der Waals surface area contributed by atoms with Crippen molar-refractivity contribution in [3.05, 3.63) is 34.0 Å². The van der Waals surface area contributed by atoms with Crippen LogP contribution in [0.25, 0.3) is 11.0 Å². The molecule has 1 aromatic heterocycles. The van der Waals surface area contributed by atoms with E-state index in [-0.39, 0.29) is 0 Å². The van der Waals surface area contributed by atoms with Gasteiger partial charge in [0.1, 0.15) is 11.3 Å². The number of benzene rings is 1. The molecule has 0 radical (unpaired) electrons. The van der Waals surface area contributed by atoms with E-state index in [1.165, 1.54) is 10.9 Å². The fourth-order valence-electron chi connectivity index (χ4n) is 1.88. The third-order valence-electron chi connectivity index (χ3n) is 2.62. The highest BCUT2D eigenvalue weighted by Crippen LogP contribution is 2.28. The molecule has 92 valence electrons. The summed E-state index contributed by atoms with van der Waals surface area (Å²) in [5, 5.41) is 4.55. The van der Waals surface area contributed by atoms with Crippen LogP contribution in [0.1, 0.15) is 25.2 Å². The molecule has 0 aliphatic heterocycles. The van der Waals surface area contributed by atoms with Gasteiger partial charge in [0.05, 0.1) is 11.0 Å². The average Bonchev–Trinajstić information content (AvgIpc) is 2.60. The zero-order valence-electron chi connectivity index (χ0n) is 10.5.